The molecule has 2 amide bonds. The SMILES string of the molecule is CC(O)CC(C)(C)CNC(=O)N(Cc1ccc(F)cc1)C1CC1. The standard InChI is InChI=1S/C18H27FN2O2/c1-13(22)10-18(2,3)12-20-17(23)21(16-8-9-16)11-14-4-6-15(19)7-5-14/h4-7,13,16,22H,8-12H2,1-3H3,(H,20,23). The number of hydrogen-bond acceptors (Lipinski definition) is 2. The van der Waals surface area contributed by atoms with Gasteiger partial charge in [0, 0.05) is 19.1 Å². The van der Waals surface area contributed by atoms with Crippen molar-refractivity contribution >= 4 is 6.03 Å². The van der Waals surface area contributed by atoms with Crippen LogP contribution in [0.1, 0.15) is 45.6 Å². The summed E-state index contributed by atoms with van der Waals surface area (Å²) in [6.45, 7) is 6.83. The Morgan fingerprint density at radius 3 is 2.52 bits per heavy atom. The summed E-state index contributed by atoms with van der Waals surface area (Å²) in [6, 6.07) is 6.47. The van der Waals surface area contributed by atoms with Crippen LogP contribution in [0.3, 0.4) is 0 Å². The van der Waals surface area contributed by atoms with Crippen molar-refractivity contribution in [1.29, 1.82) is 0 Å². The highest BCUT2D eigenvalue weighted by Crippen LogP contribution is 2.29. The molecule has 1 saturated carbocycles. The second-order valence-electron chi connectivity index (χ2n) is 7.36. The molecule has 1 aromatic rings. The number of amides is 2. The number of urea groups is 1. The summed E-state index contributed by atoms with van der Waals surface area (Å²) in [6.07, 6.45) is 2.28. The van der Waals surface area contributed by atoms with E-state index < -0.39 is 0 Å². The molecule has 0 heterocycles. The van der Waals surface area contributed by atoms with Gasteiger partial charge >= 0.3 is 6.03 Å². The molecular weight excluding hydrogens is 295 g/mol. The molecule has 1 fully saturated rings. The van der Waals surface area contributed by atoms with Crippen LogP contribution in [0.5, 0.6) is 0 Å². The Bertz CT molecular complexity index is 524. The maximum atomic E-state index is 13.0. The summed E-state index contributed by atoms with van der Waals surface area (Å²) in [7, 11) is 0. The van der Waals surface area contributed by atoms with E-state index in [4.69, 9.17) is 0 Å². The smallest absolute Gasteiger partial charge is 0.317 e. The number of benzene rings is 1. The van der Waals surface area contributed by atoms with Crippen molar-refractivity contribution in [3.8, 4) is 0 Å². The summed E-state index contributed by atoms with van der Waals surface area (Å²) in [5.74, 6) is -0.268. The van der Waals surface area contributed by atoms with E-state index in [1.165, 1.54) is 12.1 Å². The molecule has 0 aromatic heterocycles. The lowest BCUT2D eigenvalue weighted by Gasteiger charge is -2.29. The second-order valence-corrected chi connectivity index (χ2v) is 7.36. The highest BCUT2D eigenvalue weighted by atomic mass is 19.1. The molecule has 5 heteroatoms. The lowest BCUT2D eigenvalue weighted by atomic mass is 9.87. The first-order valence-corrected chi connectivity index (χ1v) is 8.24. The maximum absolute atomic E-state index is 13.0. The van der Waals surface area contributed by atoms with Crippen molar-refractivity contribution in [2.45, 2.75) is 58.7 Å². The third-order valence-electron chi connectivity index (χ3n) is 4.08. The molecule has 2 N–H and O–H groups in total. The molecule has 0 aliphatic heterocycles. The predicted octanol–water partition coefficient (Wildman–Crippen LogP) is 3.30. The third kappa shape index (κ3) is 5.82. The number of carbonyl (C=O) groups excluding carboxylic acids is 1. The van der Waals surface area contributed by atoms with E-state index in [9.17, 15) is 14.3 Å². The molecule has 1 unspecified atom stereocenters. The van der Waals surface area contributed by atoms with Gasteiger partial charge in [0.2, 0.25) is 0 Å². The van der Waals surface area contributed by atoms with Crippen molar-refractivity contribution in [2.24, 2.45) is 5.41 Å². The van der Waals surface area contributed by atoms with Crippen molar-refractivity contribution in [1.82, 2.24) is 10.2 Å². The predicted molar refractivity (Wildman–Crippen MR) is 88.4 cm³/mol. The van der Waals surface area contributed by atoms with Gasteiger partial charge in [-0.25, -0.2) is 9.18 Å². The van der Waals surface area contributed by atoms with Gasteiger partial charge in [0.1, 0.15) is 5.82 Å². The molecule has 1 aliphatic rings. The van der Waals surface area contributed by atoms with E-state index in [0.29, 0.717) is 19.5 Å². The van der Waals surface area contributed by atoms with E-state index in [1.807, 2.05) is 18.7 Å². The Hall–Kier alpha value is -1.62. The molecule has 23 heavy (non-hydrogen) atoms. The van der Waals surface area contributed by atoms with Gasteiger partial charge in [-0.1, -0.05) is 26.0 Å². The maximum Gasteiger partial charge on any atom is 0.317 e. The van der Waals surface area contributed by atoms with Crippen molar-refractivity contribution in [3.63, 3.8) is 0 Å². The highest BCUT2D eigenvalue weighted by molar-refractivity contribution is 5.75. The van der Waals surface area contributed by atoms with E-state index in [2.05, 4.69) is 5.32 Å². The normalized spacial score (nSPS) is 16.0. The van der Waals surface area contributed by atoms with Crippen LogP contribution in [0, 0.1) is 11.2 Å². The Labute approximate surface area is 137 Å². The monoisotopic (exact) mass is 322 g/mol. The zero-order valence-corrected chi connectivity index (χ0v) is 14.2. The number of carbonyl (C=O) groups is 1. The van der Waals surface area contributed by atoms with Crippen LogP contribution >= 0.6 is 0 Å². The van der Waals surface area contributed by atoms with Crippen LogP contribution < -0.4 is 5.32 Å². The van der Waals surface area contributed by atoms with E-state index >= 15 is 0 Å². The van der Waals surface area contributed by atoms with E-state index in [0.717, 1.165) is 18.4 Å². The molecule has 0 bridgehead atoms. The Balaban J connectivity index is 1.92. The van der Waals surface area contributed by atoms with Crippen LogP contribution in [0.2, 0.25) is 0 Å². The van der Waals surface area contributed by atoms with Crippen molar-refractivity contribution in [2.75, 3.05) is 6.54 Å². The lowest BCUT2D eigenvalue weighted by Crippen LogP contribution is -2.44. The average molecular weight is 322 g/mol. The van der Waals surface area contributed by atoms with Gasteiger partial charge in [-0.2, -0.15) is 0 Å². The zero-order valence-electron chi connectivity index (χ0n) is 14.2. The van der Waals surface area contributed by atoms with Crippen LogP contribution in [0.15, 0.2) is 24.3 Å². The van der Waals surface area contributed by atoms with Crippen LogP contribution in [-0.2, 0) is 6.54 Å². The number of rotatable bonds is 7. The van der Waals surface area contributed by atoms with Gasteiger partial charge in [-0.05, 0) is 49.3 Å². The molecule has 0 spiro atoms. The van der Waals surface area contributed by atoms with Crippen molar-refractivity contribution < 1.29 is 14.3 Å². The molecule has 2 rings (SSSR count). The first-order chi connectivity index (χ1) is 10.8. The van der Waals surface area contributed by atoms with Gasteiger partial charge in [0.05, 0.1) is 6.10 Å². The number of aliphatic hydroxyl groups excluding tert-OH is 1. The zero-order chi connectivity index (χ0) is 17.0. The van der Waals surface area contributed by atoms with Crippen LogP contribution in [-0.4, -0.2) is 34.7 Å². The number of aliphatic hydroxyl groups is 1. The first kappa shape index (κ1) is 17.7. The molecule has 0 radical (unpaired) electrons. The van der Waals surface area contributed by atoms with Gasteiger partial charge in [-0.3, -0.25) is 0 Å². The van der Waals surface area contributed by atoms with Gasteiger partial charge in [0.25, 0.3) is 0 Å². The summed E-state index contributed by atoms with van der Waals surface area (Å²) in [5.41, 5.74) is 0.770. The fourth-order valence-corrected chi connectivity index (χ4v) is 2.83. The highest BCUT2D eigenvalue weighted by Gasteiger charge is 2.33. The topological polar surface area (TPSA) is 52.6 Å². The van der Waals surface area contributed by atoms with Crippen LogP contribution in [0.25, 0.3) is 0 Å². The minimum absolute atomic E-state index is 0.0875. The fraction of sp³-hybridized carbons (Fsp3) is 0.611. The average Bonchev–Trinajstić information content (AvgIpc) is 3.27. The summed E-state index contributed by atoms with van der Waals surface area (Å²) in [5, 5.41) is 12.5. The minimum atomic E-state index is -0.388. The quantitative estimate of drug-likeness (QED) is 0.809. The molecule has 4 nitrogen and oxygen atoms in total. The number of halogens is 1. The molecule has 1 aliphatic carbocycles. The number of nitrogens with zero attached hydrogens (tertiary/aromatic N) is 1. The van der Waals surface area contributed by atoms with Crippen molar-refractivity contribution in [3.05, 3.63) is 35.6 Å². The molecule has 128 valence electrons. The number of hydrogen-bond donors (Lipinski definition) is 2. The van der Waals surface area contributed by atoms with Gasteiger partial charge < -0.3 is 15.3 Å². The fourth-order valence-electron chi connectivity index (χ4n) is 2.83. The Morgan fingerprint density at radius 2 is 2.00 bits per heavy atom. The molecule has 1 aromatic carbocycles. The Morgan fingerprint density at radius 1 is 1.39 bits per heavy atom. The molecule has 1 atom stereocenters. The minimum Gasteiger partial charge on any atom is -0.393 e. The largest absolute Gasteiger partial charge is 0.393 e. The van der Waals surface area contributed by atoms with Gasteiger partial charge in [0.15, 0.2) is 0 Å². The molecule has 0 saturated heterocycles. The summed E-state index contributed by atoms with van der Waals surface area (Å²) < 4.78 is 13.0. The summed E-state index contributed by atoms with van der Waals surface area (Å²) >= 11 is 0. The summed E-state index contributed by atoms with van der Waals surface area (Å²) in [4.78, 5) is 14.3. The van der Waals surface area contributed by atoms with E-state index in [-0.39, 0.29) is 29.4 Å². The lowest BCUT2D eigenvalue weighted by molar-refractivity contribution is 0.126. The third-order valence-corrected chi connectivity index (χ3v) is 4.08. The van der Waals surface area contributed by atoms with E-state index in [1.54, 1.807) is 19.1 Å². The first-order valence-electron chi connectivity index (χ1n) is 8.24. The molecular formula is C18H27FN2O2. The van der Waals surface area contributed by atoms with Crippen LogP contribution in [0.4, 0.5) is 9.18 Å². The second kappa shape index (κ2) is 7.30. The van der Waals surface area contributed by atoms with Gasteiger partial charge in [-0.15, -0.1) is 0 Å². The Kier molecular flexibility index (Phi) is 5.63. The number of nitrogens with one attached hydrogen (secondary N) is 1.